The summed E-state index contributed by atoms with van der Waals surface area (Å²) in [6.45, 7) is 0. The van der Waals surface area contributed by atoms with Crippen LogP contribution in [0.4, 0.5) is 10.1 Å². The molecule has 0 spiro atoms. The van der Waals surface area contributed by atoms with E-state index < -0.39 is 11.7 Å². The van der Waals surface area contributed by atoms with Crippen LogP contribution in [0.3, 0.4) is 0 Å². The van der Waals surface area contributed by atoms with E-state index >= 15 is 0 Å². The topological polar surface area (TPSA) is 68.0 Å². The fourth-order valence-corrected chi connectivity index (χ4v) is 1.68. The Kier molecular flexibility index (Phi) is 4.26. The van der Waals surface area contributed by atoms with E-state index in [2.05, 4.69) is 10.3 Å². The second-order valence-corrected chi connectivity index (χ2v) is 4.73. The summed E-state index contributed by atoms with van der Waals surface area (Å²) in [7, 11) is 0. The lowest BCUT2D eigenvalue weighted by Gasteiger charge is -2.06. The molecule has 0 saturated heterocycles. The zero-order chi connectivity index (χ0) is 14.7. The maximum absolute atomic E-state index is 13.2. The van der Waals surface area contributed by atoms with Crippen LogP contribution >= 0.6 is 23.8 Å². The summed E-state index contributed by atoms with van der Waals surface area (Å²) in [6, 6.07) is 7.05. The first-order chi connectivity index (χ1) is 9.47. The maximum Gasteiger partial charge on any atom is 0.274 e. The van der Waals surface area contributed by atoms with Crippen molar-refractivity contribution < 1.29 is 9.18 Å². The number of pyridine rings is 1. The highest BCUT2D eigenvalue weighted by atomic mass is 35.5. The van der Waals surface area contributed by atoms with Gasteiger partial charge in [0.1, 0.15) is 16.5 Å². The summed E-state index contributed by atoms with van der Waals surface area (Å²) in [5.74, 6) is -1.08. The number of nitrogens with two attached hydrogens (primary N) is 1. The minimum atomic E-state index is -0.610. The number of thiocarbonyl (C=S) groups is 1. The predicted octanol–water partition coefficient (Wildman–Crippen LogP) is 2.76. The molecule has 0 aliphatic carbocycles. The van der Waals surface area contributed by atoms with Crippen molar-refractivity contribution in [2.75, 3.05) is 5.32 Å². The summed E-state index contributed by atoms with van der Waals surface area (Å²) in [6.07, 6.45) is 1.40. The number of nitrogens with one attached hydrogen (secondary N) is 1. The number of rotatable bonds is 3. The zero-order valence-corrected chi connectivity index (χ0v) is 11.6. The van der Waals surface area contributed by atoms with Gasteiger partial charge in [0.05, 0.1) is 5.02 Å². The minimum absolute atomic E-state index is 0.0121. The van der Waals surface area contributed by atoms with Crippen LogP contribution in [0.2, 0.25) is 5.02 Å². The molecule has 1 aromatic carbocycles. The summed E-state index contributed by atoms with van der Waals surface area (Å²) in [4.78, 5) is 16.0. The van der Waals surface area contributed by atoms with E-state index in [1.807, 2.05) is 0 Å². The van der Waals surface area contributed by atoms with Gasteiger partial charge in [-0.2, -0.15) is 0 Å². The van der Waals surface area contributed by atoms with Crippen LogP contribution in [0.1, 0.15) is 16.1 Å². The van der Waals surface area contributed by atoms with Crippen molar-refractivity contribution in [2.45, 2.75) is 0 Å². The van der Waals surface area contributed by atoms with Crippen LogP contribution in [0.5, 0.6) is 0 Å². The van der Waals surface area contributed by atoms with Crippen LogP contribution in [-0.4, -0.2) is 15.9 Å². The third-order valence-electron chi connectivity index (χ3n) is 2.46. The summed E-state index contributed by atoms with van der Waals surface area (Å²) >= 11 is 10.3. The average Bonchev–Trinajstić information content (AvgIpc) is 2.43. The van der Waals surface area contributed by atoms with Crippen molar-refractivity contribution in [3.63, 3.8) is 0 Å². The number of carbonyl (C=O) groups is 1. The molecule has 2 aromatic rings. The molecule has 1 heterocycles. The van der Waals surface area contributed by atoms with E-state index in [-0.39, 0.29) is 21.4 Å². The molecule has 0 saturated carbocycles. The Bertz CT molecular complexity index is 676. The number of halogens is 2. The molecule has 0 aliphatic rings. The Labute approximate surface area is 124 Å². The largest absolute Gasteiger partial charge is 0.389 e. The van der Waals surface area contributed by atoms with Crippen LogP contribution in [-0.2, 0) is 0 Å². The van der Waals surface area contributed by atoms with Crippen LogP contribution in [0, 0.1) is 5.82 Å². The monoisotopic (exact) mass is 309 g/mol. The van der Waals surface area contributed by atoms with Crippen molar-refractivity contribution in [3.8, 4) is 0 Å². The Balaban J connectivity index is 2.15. The number of anilines is 1. The van der Waals surface area contributed by atoms with E-state index in [0.29, 0.717) is 5.56 Å². The average molecular weight is 310 g/mol. The Morgan fingerprint density at radius 3 is 2.65 bits per heavy atom. The fourth-order valence-electron chi connectivity index (χ4n) is 1.44. The van der Waals surface area contributed by atoms with Gasteiger partial charge in [0.15, 0.2) is 0 Å². The molecule has 1 amide bonds. The van der Waals surface area contributed by atoms with E-state index in [1.165, 1.54) is 24.4 Å². The maximum atomic E-state index is 13.2. The quantitative estimate of drug-likeness (QED) is 0.856. The lowest BCUT2D eigenvalue weighted by Crippen LogP contribution is -2.15. The van der Waals surface area contributed by atoms with Gasteiger partial charge < -0.3 is 11.1 Å². The van der Waals surface area contributed by atoms with Gasteiger partial charge in [0, 0.05) is 17.4 Å². The van der Waals surface area contributed by atoms with Crippen molar-refractivity contribution in [3.05, 3.63) is 58.6 Å². The standard InChI is InChI=1S/C13H9ClFN3OS/c14-9-3-2-8(5-10(9)15)18-13(19)11-4-1-7(6-17-11)12(16)20/h1-6H,(H2,16,20)(H,18,19). The molecule has 20 heavy (non-hydrogen) atoms. The van der Waals surface area contributed by atoms with E-state index in [4.69, 9.17) is 29.6 Å². The molecule has 7 heteroatoms. The molecule has 2 rings (SSSR count). The third-order valence-corrected chi connectivity index (χ3v) is 3.00. The second-order valence-electron chi connectivity index (χ2n) is 3.88. The smallest absolute Gasteiger partial charge is 0.274 e. The fraction of sp³-hybridized carbons (Fsp3) is 0. The van der Waals surface area contributed by atoms with Gasteiger partial charge in [-0.25, -0.2) is 4.39 Å². The van der Waals surface area contributed by atoms with Gasteiger partial charge in [-0.3, -0.25) is 9.78 Å². The number of amides is 1. The van der Waals surface area contributed by atoms with E-state index in [0.717, 1.165) is 6.07 Å². The van der Waals surface area contributed by atoms with E-state index in [9.17, 15) is 9.18 Å². The number of benzene rings is 1. The second kappa shape index (κ2) is 5.94. The molecule has 102 valence electrons. The number of aromatic nitrogens is 1. The van der Waals surface area contributed by atoms with Gasteiger partial charge in [0.2, 0.25) is 0 Å². The number of hydrogen-bond donors (Lipinski definition) is 2. The number of carbonyl (C=O) groups excluding carboxylic acids is 1. The van der Waals surface area contributed by atoms with Gasteiger partial charge >= 0.3 is 0 Å². The van der Waals surface area contributed by atoms with Crippen molar-refractivity contribution >= 4 is 40.4 Å². The molecule has 0 aliphatic heterocycles. The predicted molar refractivity (Wildman–Crippen MR) is 79.5 cm³/mol. The molecule has 3 N–H and O–H groups in total. The van der Waals surface area contributed by atoms with Gasteiger partial charge in [-0.05, 0) is 30.3 Å². The third kappa shape index (κ3) is 3.28. The molecule has 1 aromatic heterocycles. The first-order valence-corrected chi connectivity index (χ1v) is 6.28. The van der Waals surface area contributed by atoms with Gasteiger partial charge in [0.25, 0.3) is 5.91 Å². The first kappa shape index (κ1) is 14.4. The lowest BCUT2D eigenvalue weighted by atomic mass is 10.2. The van der Waals surface area contributed by atoms with Crippen LogP contribution in [0.15, 0.2) is 36.5 Å². The summed E-state index contributed by atoms with van der Waals surface area (Å²) in [5.41, 5.74) is 6.45. The van der Waals surface area contributed by atoms with Crippen molar-refractivity contribution in [1.29, 1.82) is 0 Å². The highest BCUT2D eigenvalue weighted by Crippen LogP contribution is 2.19. The molecule has 0 radical (unpaired) electrons. The van der Waals surface area contributed by atoms with Gasteiger partial charge in [-0.15, -0.1) is 0 Å². The number of hydrogen-bond acceptors (Lipinski definition) is 3. The Hall–Kier alpha value is -2.05. The highest BCUT2D eigenvalue weighted by molar-refractivity contribution is 7.80. The minimum Gasteiger partial charge on any atom is -0.389 e. The van der Waals surface area contributed by atoms with Crippen molar-refractivity contribution in [1.82, 2.24) is 4.98 Å². The molecule has 0 unspecified atom stereocenters. The normalized spacial score (nSPS) is 10.1. The molecule has 0 fully saturated rings. The van der Waals surface area contributed by atoms with Crippen LogP contribution in [0.25, 0.3) is 0 Å². The Morgan fingerprint density at radius 2 is 2.10 bits per heavy atom. The summed E-state index contributed by atoms with van der Waals surface area (Å²) in [5, 5.41) is 2.50. The SMILES string of the molecule is NC(=S)c1ccc(C(=O)Nc2ccc(Cl)c(F)c2)nc1. The first-order valence-electron chi connectivity index (χ1n) is 5.49. The van der Waals surface area contributed by atoms with Gasteiger partial charge in [-0.1, -0.05) is 23.8 Å². The van der Waals surface area contributed by atoms with Crippen LogP contribution < -0.4 is 11.1 Å². The zero-order valence-electron chi connectivity index (χ0n) is 10.1. The lowest BCUT2D eigenvalue weighted by molar-refractivity contribution is 0.102. The molecule has 0 atom stereocenters. The molecular weight excluding hydrogens is 301 g/mol. The Morgan fingerprint density at radius 1 is 1.35 bits per heavy atom. The number of nitrogens with zero attached hydrogens (tertiary/aromatic N) is 1. The van der Waals surface area contributed by atoms with E-state index in [1.54, 1.807) is 6.07 Å². The molecule has 0 bridgehead atoms. The molecule has 4 nitrogen and oxygen atoms in total. The summed E-state index contributed by atoms with van der Waals surface area (Å²) < 4.78 is 13.2. The highest BCUT2D eigenvalue weighted by Gasteiger charge is 2.09. The van der Waals surface area contributed by atoms with Crippen molar-refractivity contribution in [2.24, 2.45) is 5.73 Å². The molecular formula is C13H9ClFN3OS.